The van der Waals surface area contributed by atoms with Gasteiger partial charge in [-0.1, -0.05) is 13.3 Å². The summed E-state index contributed by atoms with van der Waals surface area (Å²) in [4.78, 5) is 9.98. The molecule has 0 aromatic rings. The quantitative estimate of drug-likeness (QED) is 0.358. The van der Waals surface area contributed by atoms with Gasteiger partial charge in [-0.2, -0.15) is 0 Å². The van der Waals surface area contributed by atoms with Crippen LogP contribution < -0.4 is 0 Å². The number of rotatable bonds is 4. The molecule has 0 bridgehead atoms. The Balaban J connectivity index is 3.58. The summed E-state index contributed by atoms with van der Waals surface area (Å²) < 4.78 is 0. The Morgan fingerprint density at radius 3 is 2.50 bits per heavy atom. The van der Waals surface area contributed by atoms with Gasteiger partial charge in [-0.3, -0.25) is 0 Å². The molecule has 0 atom stereocenters. The van der Waals surface area contributed by atoms with E-state index in [0.717, 1.165) is 12.8 Å². The molecule has 0 saturated heterocycles. The molecule has 0 aliphatic carbocycles. The number of aliphatic hydroxyl groups excluding tert-OH is 1. The van der Waals surface area contributed by atoms with Crippen molar-refractivity contribution >= 4 is 5.97 Å². The Kier molecular flexibility index (Phi) is 4.37. The average Bonchev–Trinajstić information content (AvgIpc) is 1.88. The number of unbranched alkanes of at least 4 members (excludes halogenated alkanes) is 2. The molecule has 0 heterocycles. The zero-order chi connectivity index (χ0) is 7.98. The molecule has 0 fully saturated rings. The van der Waals surface area contributed by atoms with Crippen LogP contribution in [0.3, 0.4) is 0 Å². The zero-order valence-electron chi connectivity index (χ0n) is 6.00. The molecule has 3 heteroatoms. The summed E-state index contributed by atoms with van der Waals surface area (Å²) >= 11 is 0. The van der Waals surface area contributed by atoms with Crippen molar-refractivity contribution in [2.24, 2.45) is 0 Å². The lowest BCUT2D eigenvalue weighted by molar-refractivity contribution is -0.135. The molecule has 0 aromatic heterocycles. The highest BCUT2D eigenvalue weighted by atomic mass is 16.4. The topological polar surface area (TPSA) is 57.5 Å². The Labute approximate surface area is 60.0 Å². The van der Waals surface area contributed by atoms with Gasteiger partial charge in [-0.15, -0.1) is 0 Å². The number of carboxylic acid groups (broad SMARTS) is 1. The molecular weight excluding hydrogens is 132 g/mol. The Morgan fingerprint density at radius 2 is 2.10 bits per heavy atom. The fourth-order valence-corrected chi connectivity index (χ4v) is 0.530. The average molecular weight is 144 g/mol. The van der Waals surface area contributed by atoms with Crippen molar-refractivity contribution in [1.82, 2.24) is 0 Å². The lowest BCUT2D eigenvalue weighted by Crippen LogP contribution is -1.98. The smallest absolute Gasteiger partial charge is 0.370 e. The van der Waals surface area contributed by atoms with Gasteiger partial charge in [0.2, 0.25) is 0 Å². The number of hydrogen-bond donors (Lipinski definition) is 2. The van der Waals surface area contributed by atoms with Gasteiger partial charge in [-0.25, -0.2) is 4.79 Å². The largest absolute Gasteiger partial charge is 0.502 e. The van der Waals surface area contributed by atoms with Crippen molar-refractivity contribution in [2.75, 3.05) is 0 Å². The first-order valence-electron chi connectivity index (χ1n) is 3.31. The van der Waals surface area contributed by atoms with Crippen LogP contribution in [-0.4, -0.2) is 16.2 Å². The van der Waals surface area contributed by atoms with Gasteiger partial charge in [0.25, 0.3) is 0 Å². The van der Waals surface area contributed by atoms with Gasteiger partial charge in [0.05, 0.1) is 0 Å². The predicted molar refractivity (Wildman–Crippen MR) is 37.9 cm³/mol. The van der Waals surface area contributed by atoms with Crippen LogP contribution in [0.2, 0.25) is 0 Å². The minimum absolute atomic E-state index is 0.548. The van der Waals surface area contributed by atoms with Crippen molar-refractivity contribution in [3.05, 3.63) is 11.8 Å². The molecule has 58 valence electrons. The van der Waals surface area contributed by atoms with Crippen LogP contribution in [0.4, 0.5) is 0 Å². The second-order valence-electron chi connectivity index (χ2n) is 2.04. The number of aliphatic hydroxyl groups is 1. The molecule has 0 radical (unpaired) electrons. The lowest BCUT2D eigenvalue weighted by atomic mass is 10.2. The standard InChI is InChI=1S/C7H12O3/c1-2-3-4-5-6(8)7(9)10/h5,8H,2-4H2,1H3,(H,9,10)/b6-5-. The highest BCUT2D eigenvalue weighted by Crippen LogP contribution is 1.98. The van der Waals surface area contributed by atoms with Gasteiger partial charge in [0.15, 0.2) is 5.76 Å². The summed E-state index contributed by atoms with van der Waals surface area (Å²) in [7, 11) is 0. The van der Waals surface area contributed by atoms with Crippen LogP contribution in [-0.2, 0) is 4.79 Å². The summed E-state index contributed by atoms with van der Waals surface area (Å²) in [6.07, 6.45) is 3.88. The van der Waals surface area contributed by atoms with Gasteiger partial charge < -0.3 is 10.2 Å². The van der Waals surface area contributed by atoms with Crippen molar-refractivity contribution < 1.29 is 15.0 Å². The summed E-state index contributed by atoms with van der Waals surface area (Å²) in [6.45, 7) is 2.01. The Hall–Kier alpha value is -0.990. The van der Waals surface area contributed by atoms with Crippen LogP contribution >= 0.6 is 0 Å². The fourth-order valence-electron chi connectivity index (χ4n) is 0.530. The van der Waals surface area contributed by atoms with Crippen LogP contribution in [0.25, 0.3) is 0 Å². The molecule has 0 unspecified atom stereocenters. The van der Waals surface area contributed by atoms with E-state index in [1.54, 1.807) is 0 Å². The number of allylic oxidation sites excluding steroid dienone is 1. The normalized spacial score (nSPS) is 11.5. The SMILES string of the molecule is CCCC/C=C(\O)C(=O)O. The molecule has 3 nitrogen and oxygen atoms in total. The number of carbonyl (C=O) groups is 1. The molecule has 0 aromatic carbocycles. The van der Waals surface area contributed by atoms with Crippen LogP contribution in [0.5, 0.6) is 0 Å². The van der Waals surface area contributed by atoms with Gasteiger partial charge in [-0.05, 0) is 18.9 Å². The van der Waals surface area contributed by atoms with Gasteiger partial charge >= 0.3 is 5.97 Å². The lowest BCUT2D eigenvalue weighted by Gasteiger charge is -1.90. The Morgan fingerprint density at radius 1 is 1.50 bits per heavy atom. The zero-order valence-corrected chi connectivity index (χ0v) is 6.00. The van der Waals surface area contributed by atoms with Crippen LogP contribution in [0.15, 0.2) is 11.8 Å². The van der Waals surface area contributed by atoms with E-state index in [-0.39, 0.29) is 0 Å². The Bertz CT molecular complexity index is 138. The monoisotopic (exact) mass is 144 g/mol. The van der Waals surface area contributed by atoms with E-state index in [4.69, 9.17) is 10.2 Å². The molecule has 0 saturated carbocycles. The third-order valence-corrected chi connectivity index (χ3v) is 1.11. The van der Waals surface area contributed by atoms with E-state index in [2.05, 4.69) is 0 Å². The number of carboxylic acids is 1. The first kappa shape index (κ1) is 9.01. The van der Waals surface area contributed by atoms with E-state index < -0.39 is 11.7 Å². The maximum atomic E-state index is 9.98. The molecule has 10 heavy (non-hydrogen) atoms. The molecule has 0 aliphatic rings. The fraction of sp³-hybridized carbons (Fsp3) is 0.571. The summed E-state index contributed by atoms with van der Waals surface area (Å²) in [6, 6.07) is 0. The van der Waals surface area contributed by atoms with Crippen molar-refractivity contribution in [2.45, 2.75) is 26.2 Å². The number of aliphatic carboxylic acids is 1. The summed E-state index contributed by atoms with van der Waals surface area (Å²) in [5, 5.41) is 16.8. The maximum Gasteiger partial charge on any atom is 0.370 e. The molecule has 0 rings (SSSR count). The molecule has 2 N–H and O–H groups in total. The first-order valence-corrected chi connectivity index (χ1v) is 3.31. The maximum absolute atomic E-state index is 9.98. The molecule has 0 aliphatic heterocycles. The van der Waals surface area contributed by atoms with Gasteiger partial charge in [0, 0.05) is 0 Å². The summed E-state index contributed by atoms with van der Waals surface area (Å²) in [5.74, 6) is -1.80. The predicted octanol–water partition coefficient (Wildman–Crippen LogP) is 1.70. The van der Waals surface area contributed by atoms with E-state index in [1.807, 2.05) is 6.92 Å². The van der Waals surface area contributed by atoms with Gasteiger partial charge in [0.1, 0.15) is 0 Å². The minimum atomic E-state index is -1.25. The van der Waals surface area contributed by atoms with Crippen LogP contribution in [0, 0.1) is 0 Å². The third-order valence-electron chi connectivity index (χ3n) is 1.11. The molecule has 0 spiro atoms. The molecular formula is C7H12O3. The molecule has 0 amide bonds. The third kappa shape index (κ3) is 3.95. The number of hydrogen-bond acceptors (Lipinski definition) is 2. The van der Waals surface area contributed by atoms with Crippen LogP contribution in [0.1, 0.15) is 26.2 Å². The first-order chi connectivity index (χ1) is 4.68. The minimum Gasteiger partial charge on any atom is -0.502 e. The highest BCUT2D eigenvalue weighted by Gasteiger charge is 2.00. The summed E-state index contributed by atoms with van der Waals surface area (Å²) in [5.41, 5.74) is 0. The second-order valence-corrected chi connectivity index (χ2v) is 2.04. The van der Waals surface area contributed by atoms with Crippen molar-refractivity contribution in [3.63, 3.8) is 0 Å². The van der Waals surface area contributed by atoms with E-state index >= 15 is 0 Å². The van der Waals surface area contributed by atoms with E-state index in [1.165, 1.54) is 6.08 Å². The van der Waals surface area contributed by atoms with Crippen molar-refractivity contribution in [1.29, 1.82) is 0 Å². The van der Waals surface area contributed by atoms with E-state index in [9.17, 15) is 4.79 Å². The second kappa shape index (κ2) is 4.85. The highest BCUT2D eigenvalue weighted by molar-refractivity contribution is 5.83. The van der Waals surface area contributed by atoms with Crippen molar-refractivity contribution in [3.8, 4) is 0 Å². The van der Waals surface area contributed by atoms with E-state index in [0.29, 0.717) is 6.42 Å².